The number of nitrogens with zero attached hydrogens (tertiary/aromatic N) is 1. The van der Waals surface area contributed by atoms with Gasteiger partial charge in [0.15, 0.2) is 0 Å². The summed E-state index contributed by atoms with van der Waals surface area (Å²) in [5, 5.41) is 3.70. The molecule has 0 saturated heterocycles. The fraction of sp³-hybridized carbons (Fsp3) is 0.353. The minimum Gasteiger partial charge on any atom is -0.307 e. The van der Waals surface area contributed by atoms with E-state index in [0.717, 1.165) is 12.8 Å². The van der Waals surface area contributed by atoms with Crippen LogP contribution < -0.4 is 5.32 Å². The van der Waals surface area contributed by atoms with Gasteiger partial charge in [0.2, 0.25) is 0 Å². The number of pyridine rings is 1. The number of hydrogen-bond acceptors (Lipinski definition) is 2. The standard InChI is InChI=1S/C17H22N2/c1-3-17(13-15-7-5-4-6-8-15)19-14(2)16-9-11-18-12-10-16/h4-12,14,17,19H,3,13H2,1-2H3/t14-,17?/m1/s1. The Hall–Kier alpha value is -1.67. The van der Waals surface area contributed by atoms with Crippen molar-refractivity contribution in [3.63, 3.8) is 0 Å². The molecule has 0 aliphatic carbocycles. The van der Waals surface area contributed by atoms with E-state index in [4.69, 9.17) is 0 Å². The zero-order valence-electron chi connectivity index (χ0n) is 11.7. The van der Waals surface area contributed by atoms with E-state index in [2.05, 4.69) is 66.6 Å². The van der Waals surface area contributed by atoms with Crippen LogP contribution in [0.1, 0.15) is 37.4 Å². The lowest BCUT2D eigenvalue weighted by Gasteiger charge is -2.22. The summed E-state index contributed by atoms with van der Waals surface area (Å²) in [5.74, 6) is 0. The van der Waals surface area contributed by atoms with Crippen LogP contribution in [0.3, 0.4) is 0 Å². The third-order valence-electron chi connectivity index (χ3n) is 3.51. The van der Waals surface area contributed by atoms with Gasteiger partial charge in [-0.05, 0) is 43.0 Å². The summed E-state index contributed by atoms with van der Waals surface area (Å²) in [7, 11) is 0. The van der Waals surface area contributed by atoms with Gasteiger partial charge in [0.05, 0.1) is 0 Å². The summed E-state index contributed by atoms with van der Waals surface area (Å²) in [4.78, 5) is 4.07. The van der Waals surface area contributed by atoms with Crippen molar-refractivity contribution in [1.82, 2.24) is 10.3 Å². The smallest absolute Gasteiger partial charge is 0.0295 e. The molecule has 0 bridgehead atoms. The number of hydrogen-bond donors (Lipinski definition) is 1. The molecular formula is C17H22N2. The minimum absolute atomic E-state index is 0.358. The van der Waals surface area contributed by atoms with E-state index in [0.29, 0.717) is 12.1 Å². The van der Waals surface area contributed by atoms with Crippen LogP contribution in [0.5, 0.6) is 0 Å². The quantitative estimate of drug-likeness (QED) is 0.849. The molecule has 2 nitrogen and oxygen atoms in total. The molecule has 1 aromatic heterocycles. The molecule has 0 radical (unpaired) electrons. The number of rotatable bonds is 6. The SMILES string of the molecule is CCC(Cc1ccccc1)N[C@H](C)c1ccncc1. The van der Waals surface area contributed by atoms with Crippen LogP contribution in [0.25, 0.3) is 0 Å². The van der Waals surface area contributed by atoms with Crippen LogP contribution >= 0.6 is 0 Å². The maximum absolute atomic E-state index is 4.07. The van der Waals surface area contributed by atoms with E-state index in [1.54, 1.807) is 0 Å². The normalized spacial score (nSPS) is 14.0. The van der Waals surface area contributed by atoms with Crippen LogP contribution in [0.15, 0.2) is 54.9 Å². The van der Waals surface area contributed by atoms with Crippen molar-refractivity contribution < 1.29 is 0 Å². The average molecular weight is 254 g/mol. The Balaban J connectivity index is 1.96. The molecular weight excluding hydrogens is 232 g/mol. The monoisotopic (exact) mass is 254 g/mol. The van der Waals surface area contributed by atoms with Crippen molar-refractivity contribution in [2.45, 2.75) is 38.8 Å². The van der Waals surface area contributed by atoms with Crippen molar-refractivity contribution in [2.24, 2.45) is 0 Å². The second-order valence-corrected chi connectivity index (χ2v) is 4.96. The first kappa shape index (κ1) is 13.8. The lowest BCUT2D eigenvalue weighted by molar-refractivity contribution is 0.440. The van der Waals surface area contributed by atoms with Gasteiger partial charge in [-0.15, -0.1) is 0 Å². The highest BCUT2D eigenvalue weighted by molar-refractivity contribution is 5.17. The largest absolute Gasteiger partial charge is 0.307 e. The van der Waals surface area contributed by atoms with Gasteiger partial charge in [-0.3, -0.25) is 4.98 Å². The highest BCUT2D eigenvalue weighted by Crippen LogP contribution is 2.14. The molecule has 0 aliphatic heterocycles. The molecule has 19 heavy (non-hydrogen) atoms. The number of nitrogens with one attached hydrogen (secondary N) is 1. The van der Waals surface area contributed by atoms with Gasteiger partial charge in [-0.2, -0.15) is 0 Å². The lowest BCUT2D eigenvalue weighted by Crippen LogP contribution is -2.32. The van der Waals surface area contributed by atoms with Gasteiger partial charge >= 0.3 is 0 Å². The Morgan fingerprint density at radius 3 is 2.37 bits per heavy atom. The molecule has 2 atom stereocenters. The molecule has 0 saturated carbocycles. The molecule has 1 unspecified atom stereocenters. The topological polar surface area (TPSA) is 24.9 Å². The molecule has 1 heterocycles. The van der Waals surface area contributed by atoms with Crippen molar-refractivity contribution in [3.8, 4) is 0 Å². The Bertz CT molecular complexity index is 467. The summed E-state index contributed by atoms with van der Waals surface area (Å²) in [6.07, 6.45) is 5.91. The number of benzene rings is 1. The molecule has 2 rings (SSSR count). The third kappa shape index (κ3) is 4.18. The summed E-state index contributed by atoms with van der Waals surface area (Å²) in [6, 6.07) is 15.7. The molecule has 2 aromatic rings. The predicted molar refractivity (Wildman–Crippen MR) is 80.0 cm³/mol. The van der Waals surface area contributed by atoms with Gasteiger partial charge in [-0.1, -0.05) is 37.3 Å². The van der Waals surface area contributed by atoms with Crippen LogP contribution in [0, 0.1) is 0 Å². The first-order valence-corrected chi connectivity index (χ1v) is 6.99. The van der Waals surface area contributed by atoms with Gasteiger partial charge in [0.25, 0.3) is 0 Å². The van der Waals surface area contributed by atoms with E-state index in [1.807, 2.05) is 12.4 Å². The maximum Gasteiger partial charge on any atom is 0.0295 e. The Morgan fingerprint density at radius 2 is 1.74 bits per heavy atom. The first-order valence-electron chi connectivity index (χ1n) is 6.99. The fourth-order valence-electron chi connectivity index (χ4n) is 2.32. The van der Waals surface area contributed by atoms with Crippen molar-refractivity contribution >= 4 is 0 Å². The summed E-state index contributed by atoms with van der Waals surface area (Å²) < 4.78 is 0. The molecule has 0 fully saturated rings. The van der Waals surface area contributed by atoms with E-state index in [1.165, 1.54) is 11.1 Å². The average Bonchev–Trinajstić information content (AvgIpc) is 2.48. The highest BCUT2D eigenvalue weighted by Gasteiger charge is 2.12. The zero-order valence-corrected chi connectivity index (χ0v) is 11.7. The van der Waals surface area contributed by atoms with Gasteiger partial charge in [0.1, 0.15) is 0 Å². The molecule has 0 amide bonds. The highest BCUT2D eigenvalue weighted by atomic mass is 14.9. The Labute approximate surface area is 115 Å². The third-order valence-corrected chi connectivity index (χ3v) is 3.51. The lowest BCUT2D eigenvalue weighted by atomic mass is 10.0. The molecule has 2 heteroatoms. The summed E-state index contributed by atoms with van der Waals surface area (Å²) in [5.41, 5.74) is 2.69. The fourth-order valence-corrected chi connectivity index (χ4v) is 2.32. The summed E-state index contributed by atoms with van der Waals surface area (Å²) >= 11 is 0. The molecule has 0 spiro atoms. The van der Waals surface area contributed by atoms with Crippen LogP contribution in [0.2, 0.25) is 0 Å². The summed E-state index contributed by atoms with van der Waals surface area (Å²) in [6.45, 7) is 4.45. The van der Waals surface area contributed by atoms with Crippen LogP contribution in [0.4, 0.5) is 0 Å². The second-order valence-electron chi connectivity index (χ2n) is 4.96. The second kappa shape index (κ2) is 7.05. The van der Waals surface area contributed by atoms with E-state index < -0.39 is 0 Å². The van der Waals surface area contributed by atoms with E-state index in [9.17, 15) is 0 Å². The predicted octanol–water partition coefficient (Wildman–Crippen LogP) is 3.75. The van der Waals surface area contributed by atoms with Gasteiger partial charge in [0, 0.05) is 24.5 Å². The van der Waals surface area contributed by atoms with Crippen LogP contribution in [-0.2, 0) is 6.42 Å². The van der Waals surface area contributed by atoms with Crippen LogP contribution in [-0.4, -0.2) is 11.0 Å². The van der Waals surface area contributed by atoms with Gasteiger partial charge in [-0.25, -0.2) is 0 Å². The molecule has 1 N–H and O–H groups in total. The number of aromatic nitrogens is 1. The van der Waals surface area contributed by atoms with Gasteiger partial charge < -0.3 is 5.32 Å². The van der Waals surface area contributed by atoms with E-state index >= 15 is 0 Å². The zero-order chi connectivity index (χ0) is 13.5. The Kier molecular flexibility index (Phi) is 5.10. The Morgan fingerprint density at radius 1 is 1.05 bits per heavy atom. The molecule has 100 valence electrons. The van der Waals surface area contributed by atoms with E-state index in [-0.39, 0.29) is 0 Å². The van der Waals surface area contributed by atoms with Crippen molar-refractivity contribution in [2.75, 3.05) is 0 Å². The molecule has 1 aromatic carbocycles. The maximum atomic E-state index is 4.07. The van der Waals surface area contributed by atoms with Crippen molar-refractivity contribution in [3.05, 3.63) is 66.0 Å². The van der Waals surface area contributed by atoms with Crippen molar-refractivity contribution in [1.29, 1.82) is 0 Å². The molecule has 0 aliphatic rings. The minimum atomic E-state index is 0.358. The first-order chi connectivity index (χ1) is 9.29.